The Bertz CT molecular complexity index is 1360. The lowest BCUT2D eigenvalue weighted by atomic mass is 9.73. The van der Waals surface area contributed by atoms with Crippen LogP contribution in [0.15, 0.2) is 65.8 Å². The summed E-state index contributed by atoms with van der Waals surface area (Å²) in [6, 6.07) is 17.0. The molecular formula is C27H26ClN3O6. The first-order valence-corrected chi connectivity index (χ1v) is 11.6. The van der Waals surface area contributed by atoms with Gasteiger partial charge in [0.15, 0.2) is 5.60 Å². The van der Waals surface area contributed by atoms with Crippen molar-refractivity contribution in [2.24, 2.45) is 5.10 Å². The molecule has 0 spiro atoms. The summed E-state index contributed by atoms with van der Waals surface area (Å²) in [5, 5.41) is 19.8. The highest BCUT2D eigenvalue weighted by molar-refractivity contribution is 6.31. The fourth-order valence-electron chi connectivity index (χ4n) is 4.43. The SMILES string of the molecule is COC(=O)N/N=C(\c1ccc(OC)cc1)C(c1ccc(OC)cc1)C1(O)C(=O)Nc2c(C)cc(Cl)cc21. The number of benzene rings is 3. The molecule has 0 bridgehead atoms. The smallest absolute Gasteiger partial charge is 0.427 e. The largest absolute Gasteiger partial charge is 0.497 e. The van der Waals surface area contributed by atoms with Crippen molar-refractivity contribution in [3.63, 3.8) is 0 Å². The third kappa shape index (κ3) is 4.83. The molecule has 3 N–H and O–H groups in total. The molecule has 2 unspecified atom stereocenters. The predicted molar refractivity (Wildman–Crippen MR) is 140 cm³/mol. The van der Waals surface area contributed by atoms with E-state index < -0.39 is 23.5 Å². The van der Waals surface area contributed by atoms with E-state index in [1.54, 1.807) is 67.6 Å². The van der Waals surface area contributed by atoms with Gasteiger partial charge in [-0.1, -0.05) is 23.7 Å². The molecule has 1 aliphatic heterocycles. The minimum absolute atomic E-state index is 0.196. The number of fused-ring (bicyclic) bond motifs is 1. The topological polar surface area (TPSA) is 118 Å². The Balaban J connectivity index is 2.00. The maximum atomic E-state index is 13.6. The second-order valence-corrected chi connectivity index (χ2v) is 8.84. The zero-order chi connectivity index (χ0) is 26.7. The van der Waals surface area contributed by atoms with Gasteiger partial charge in [-0.15, -0.1) is 0 Å². The maximum Gasteiger partial charge on any atom is 0.427 e. The van der Waals surface area contributed by atoms with Crippen LogP contribution in [-0.2, 0) is 15.1 Å². The minimum Gasteiger partial charge on any atom is -0.497 e. The number of amides is 2. The van der Waals surface area contributed by atoms with Crippen LogP contribution >= 0.6 is 11.6 Å². The van der Waals surface area contributed by atoms with Gasteiger partial charge in [0.1, 0.15) is 11.5 Å². The van der Waals surface area contributed by atoms with E-state index in [9.17, 15) is 14.7 Å². The lowest BCUT2D eigenvalue weighted by molar-refractivity contribution is -0.134. The number of carbonyl (C=O) groups excluding carboxylic acids is 2. The second-order valence-electron chi connectivity index (χ2n) is 8.40. The fraction of sp³-hybridized carbons (Fsp3) is 0.222. The summed E-state index contributed by atoms with van der Waals surface area (Å²) < 4.78 is 15.3. The van der Waals surface area contributed by atoms with Crippen molar-refractivity contribution in [3.8, 4) is 11.5 Å². The summed E-state index contributed by atoms with van der Waals surface area (Å²) in [4.78, 5) is 25.6. The number of anilines is 1. The van der Waals surface area contributed by atoms with E-state index in [1.165, 1.54) is 21.3 Å². The van der Waals surface area contributed by atoms with E-state index in [1.807, 2.05) is 0 Å². The average molecular weight is 524 g/mol. The molecule has 192 valence electrons. The van der Waals surface area contributed by atoms with Gasteiger partial charge in [-0.25, -0.2) is 10.2 Å². The first kappa shape index (κ1) is 26.0. The predicted octanol–water partition coefficient (Wildman–Crippen LogP) is 4.35. The van der Waals surface area contributed by atoms with Gasteiger partial charge in [-0.05, 0) is 72.1 Å². The van der Waals surface area contributed by atoms with Crippen LogP contribution in [0.4, 0.5) is 10.5 Å². The molecule has 37 heavy (non-hydrogen) atoms. The minimum atomic E-state index is -2.14. The number of halogens is 1. The number of hydrogen-bond donors (Lipinski definition) is 3. The van der Waals surface area contributed by atoms with E-state index in [-0.39, 0.29) is 5.71 Å². The van der Waals surface area contributed by atoms with Gasteiger partial charge in [0.25, 0.3) is 5.91 Å². The van der Waals surface area contributed by atoms with Crippen molar-refractivity contribution in [2.75, 3.05) is 26.6 Å². The number of aryl methyl sites for hydroxylation is 1. The van der Waals surface area contributed by atoms with Crippen LogP contribution in [0.25, 0.3) is 0 Å². The Kier molecular flexibility index (Phi) is 7.37. The van der Waals surface area contributed by atoms with E-state index >= 15 is 0 Å². The number of methoxy groups -OCH3 is 3. The van der Waals surface area contributed by atoms with E-state index in [0.717, 1.165) is 0 Å². The number of ether oxygens (including phenoxy) is 3. The summed E-state index contributed by atoms with van der Waals surface area (Å²) in [7, 11) is 4.28. The Morgan fingerprint density at radius 2 is 1.62 bits per heavy atom. The number of nitrogens with zero attached hydrogens (tertiary/aromatic N) is 1. The second kappa shape index (κ2) is 10.5. The standard InChI is InChI=1S/C27H26ClN3O6/c1-15-13-18(28)14-21-23(15)29-25(32)27(21,34)22(16-5-9-19(35-2)10-6-16)24(30-31-26(33)37-4)17-7-11-20(36-3)12-8-17/h5-14,22,34H,1-4H3,(H,29,32)(H,31,33)/b30-24+. The third-order valence-corrected chi connectivity index (χ3v) is 6.49. The quantitative estimate of drug-likeness (QED) is 0.313. The van der Waals surface area contributed by atoms with Gasteiger partial charge in [-0.2, -0.15) is 5.10 Å². The molecule has 2 amide bonds. The Hall–Kier alpha value is -4.08. The van der Waals surface area contributed by atoms with Crippen LogP contribution < -0.4 is 20.2 Å². The molecule has 0 saturated heterocycles. The van der Waals surface area contributed by atoms with Crippen molar-refractivity contribution in [3.05, 3.63) is 87.9 Å². The van der Waals surface area contributed by atoms with Crippen LogP contribution in [0.5, 0.6) is 11.5 Å². The monoisotopic (exact) mass is 523 g/mol. The van der Waals surface area contributed by atoms with Crippen molar-refractivity contribution >= 4 is 35.0 Å². The fourth-order valence-corrected chi connectivity index (χ4v) is 4.70. The van der Waals surface area contributed by atoms with Crippen LogP contribution in [0, 0.1) is 6.92 Å². The number of nitrogens with one attached hydrogen (secondary N) is 2. The Morgan fingerprint density at radius 1 is 1.03 bits per heavy atom. The first-order valence-electron chi connectivity index (χ1n) is 11.3. The lowest BCUT2D eigenvalue weighted by Gasteiger charge is -2.33. The number of hydrazone groups is 1. The summed E-state index contributed by atoms with van der Waals surface area (Å²) in [5.74, 6) is -0.577. The molecule has 0 saturated carbocycles. The third-order valence-electron chi connectivity index (χ3n) is 6.27. The zero-order valence-corrected chi connectivity index (χ0v) is 21.4. The number of hydrogen-bond acceptors (Lipinski definition) is 7. The maximum absolute atomic E-state index is 13.6. The molecular weight excluding hydrogens is 498 g/mol. The molecule has 1 heterocycles. The molecule has 4 rings (SSSR count). The van der Waals surface area contributed by atoms with Crippen molar-refractivity contribution < 1.29 is 28.9 Å². The molecule has 2 atom stereocenters. The van der Waals surface area contributed by atoms with Gasteiger partial charge < -0.3 is 24.6 Å². The highest BCUT2D eigenvalue weighted by atomic mass is 35.5. The van der Waals surface area contributed by atoms with Gasteiger partial charge >= 0.3 is 6.09 Å². The Morgan fingerprint density at radius 3 is 2.19 bits per heavy atom. The molecule has 3 aromatic rings. The summed E-state index contributed by atoms with van der Waals surface area (Å²) in [5.41, 5.74) is 2.89. The molecule has 0 aromatic heterocycles. The van der Waals surface area contributed by atoms with Crippen LogP contribution in [0.1, 0.15) is 28.2 Å². The average Bonchev–Trinajstić information content (AvgIpc) is 3.17. The number of aliphatic hydroxyl groups is 1. The molecule has 0 aliphatic carbocycles. The van der Waals surface area contributed by atoms with Crippen LogP contribution in [0.3, 0.4) is 0 Å². The normalized spacial score (nSPS) is 17.5. The molecule has 9 nitrogen and oxygen atoms in total. The molecule has 1 aliphatic rings. The molecule has 10 heteroatoms. The van der Waals surface area contributed by atoms with Crippen molar-refractivity contribution in [1.29, 1.82) is 0 Å². The van der Waals surface area contributed by atoms with Gasteiger partial charge in [0, 0.05) is 10.6 Å². The summed E-state index contributed by atoms with van der Waals surface area (Å²) >= 11 is 6.36. The lowest BCUT2D eigenvalue weighted by Crippen LogP contribution is -2.44. The first-order chi connectivity index (χ1) is 17.7. The highest BCUT2D eigenvalue weighted by Gasteiger charge is 2.54. The van der Waals surface area contributed by atoms with Crippen LogP contribution in [-0.4, -0.2) is 44.1 Å². The van der Waals surface area contributed by atoms with Crippen molar-refractivity contribution in [2.45, 2.75) is 18.4 Å². The molecule has 0 fully saturated rings. The van der Waals surface area contributed by atoms with Gasteiger partial charge in [0.05, 0.1) is 38.6 Å². The number of rotatable bonds is 7. The van der Waals surface area contributed by atoms with E-state index in [2.05, 4.69) is 15.8 Å². The molecule has 0 radical (unpaired) electrons. The van der Waals surface area contributed by atoms with E-state index in [4.69, 9.17) is 25.8 Å². The van der Waals surface area contributed by atoms with Gasteiger partial charge in [-0.3, -0.25) is 4.79 Å². The molecule has 3 aromatic carbocycles. The Labute approximate surface area is 219 Å². The summed E-state index contributed by atoms with van der Waals surface area (Å²) in [6.07, 6.45) is -0.818. The van der Waals surface area contributed by atoms with Crippen LogP contribution in [0.2, 0.25) is 5.02 Å². The highest BCUT2D eigenvalue weighted by Crippen LogP contribution is 2.49. The van der Waals surface area contributed by atoms with Gasteiger partial charge in [0.2, 0.25) is 0 Å². The van der Waals surface area contributed by atoms with E-state index in [0.29, 0.717) is 44.5 Å². The van der Waals surface area contributed by atoms with Crippen molar-refractivity contribution in [1.82, 2.24) is 5.43 Å². The number of carbonyl (C=O) groups is 2. The summed E-state index contributed by atoms with van der Waals surface area (Å²) in [6.45, 7) is 1.79. The zero-order valence-electron chi connectivity index (χ0n) is 20.7.